The molecule has 0 aromatic carbocycles. The Balaban J connectivity index is 1.50. The zero-order valence-electron chi connectivity index (χ0n) is 22.8. The normalized spacial score (nSPS) is 47.1. The van der Waals surface area contributed by atoms with E-state index in [1.54, 1.807) is 26.0 Å². The van der Waals surface area contributed by atoms with E-state index in [1.807, 2.05) is 6.08 Å². The van der Waals surface area contributed by atoms with Crippen LogP contribution in [-0.2, 0) is 33.3 Å². The average Bonchev–Trinajstić information content (AvgIpc) is 3.68. The topological polar surface area (TPSA) is 144 Å². The molecule has 10 nitrogen and oxygen atoms in total. The van der Waals surface area contributed by atoms with Crippen LogP contribution in [0.3, 0.4) is 0 Å². The van der Waals surface area contributed by atoms with Gasteiger partial charge in [-0.05, 0) is 31.3 Å². The SMILES string of the molecule is CC1CC(=O)OC[C@]23CCC(CO)=C[C@H]2O[C@@H]2C[C@@H](OC(=O)/C=C\C=C\[C@H]([C@@H](C)O)OCC1O)[C@@]3(C)C21CO1. The fourth-order valence-electron chi connectivity index (χ4n) is 7.07. The van der Waals surface area contributed by atoms with Gasteiger partial charge in [-0.3, -0.25) is 4.79 Å². The van der Waals surface area contributed by atoms with Crippen LogP contribution < -0.4 is 0 Å². The van der Waals surface area contributed by atoms with Gasteiger partial charge in [-0.2, -0.15) is 0 Å². The van der Waals surface area contributed by atoms with Crippen LogP contribution in [0.2, 0.25) is 0 Å². The smallest absolute Gasteiger partial charge is 0.331 e. The predicted molar refractivity (Wildman–Crippen MR) is 137 cm³/mol. The molecule has 1 saturated carbocycles. The quantitative estimate of drug-likeness (QED) is 0.263. The molecule has 2 bridgehead atoms. The summed E-state index contributed by atoms with van der Waals surface area (Å²) in [5.41, 5.74) is -1.25. The zero-order chi connectivity index (χ0) is 28.0. The molecular weight excluding hydrogens is 508 g/mol. The van der Waals surface area contributed by atoms with E-state index in [0.717, 1.165) is 5.57 Å². The summed E-state index contributed by atoms with van der Waals surface area (Å²) in [5.74, 6) is -1.44. The molecule has 2 aliphatic carbocycles. The lowest BCUT2D eigenvalue weighted by molar-refractivity contribution is -0.233. The fourth-order valence-corrected chi connectivity index (χ4v) is 7.07. The number of carbonyl (C=O) groups is 2. The minimum absolute atomic E-state index is 0.0239. The summed E-state index contributed by atoms with van der Waals surface area (Å²) in [6.45, 7) is 5.68. The van der Waals surface area contributed by atoms with Gasteiger partial charge in [0, 0.05) is 17.9 Å². The lowest BCUT2D eigenvalue weighted by atomic mass is 9.51. The van der Waals surface area contributed by atoms with Crippen molar-refractivity contribution < 1.29 is 48.6 Å². The third-order valence-electron chi connectivity index (χ3n) is 9.77. The molecule has 0 aromatic rings. The summed E-state index contributed by atoms with van der Waals surface area (Å²) in [7, 11) is 0. The van der Waals surface area contributed by atoms with Crippen LogP contribution in [0.5, 0.6) is 0 Å². The number of aliphatic hydroxyl groups excluding tert-OH is 3. The van der Waals surface area contributed by atoms with Crippen molar-refractivity contribution in [2.24, 2.45) is 16.7 Å². The molecule has 2 spiro atoms. The van der Waals surface area contributed by atoms with Gasteiger partial charge < -0.3 is 39.0 Å². The molecule has 10 atom stereocenters. The second kappa shape index (κ2) is 10.7. The number of epoxide rings is 1. The molecule has 2 saturated heterocycles. The molecule has 3 aliphatic heterocycles. The average molecular weight is 549 g/mol. The van der Waals surface area contributed by atoms with Crippen LogP contribution in [0.4, 0.5) is 0 Å². The van der Waals surface area contributed by atoms with E-state index in [9.17, 15) is 24.9 Å². The zero-order valence-corrected chi connectivity index (χ0v) is 22.8. The van der Waals surface area contributed by atoms with Crippen molar-refractivity contribution in [2.75, 3.05) is 26.4 Å². The Morgan fingerprint density at radius 1 is 1.18 bits per heavy atom. The molecule has 5 aliphatic rings. The fraction of sp³-hybridized carbons (Fsp3) is 0.724. The van der Waals surface area contributed by atoms with Gasteiger partial charge in [-0.1, -0.05) is 38.2 Å². The van der Waals surface area contributed by atoms with E-state index in [2.05, 4.69) is 6.92 Å². The van der Waals surface area contributed by atoms with Crippen LogP contribution in [-0.4, -0.2) is 95.9 Å². The van der Waals surface area contributed by atoms with E-state index in [0.29, 0.717) is 25.9 Å². The van der Waals surface area contributed by atoms with Gasteiger partial charge in [0.1, 0.15) is 24.4 Å². The first-order chi connectivity index (χ1) is 18.6. The largest absolute Gasteiger partial charge is 0.465 e. The van der Waals surface area contributed by atoms with Crippen molar-refractivity contribution in [2.45, 2.75) is 88.7 Å². The highest BCUT2D eigenvalue weighted by atomic mass is 16.6. The molecule has 216 valence electrons. The van der Waals surface area contributed by atoms with Gasteiger partial charge in [0.2, 0.25) is 0 Å². The second-order valence-corrected chi connectivity index (χ2v) is 11.9. The van der Waals surface area contributed by atoms with Crippen LogP contribution in [0.1, 0.15) is 46.5 Å². The van der Waals surface area contributed by atoms with Crippen LogP contribution in [0.25, 0.3) is 0 Å². The van der Waals surface area contributed by atoms with Crippen molar-refractivity contribution in [1.29, 1.82) is 0 Å². The van der Waals surface area contributed by atoms with Crippen LogP contribution in [0.15, 0.2) is 36.0 Å². The molecule has 5 rings (SSSR count). The Hall–Kier alpha value is -2.08. The summed E-state index contributed by atoms with van der Waals surface area (Å²) >= 11 is 0. The molecule has 0 aromatic heterocycles. The van der Waals surface area contributed by atoms with Gasteiger partial charge in [-0.25, -0.2) is 4.79 Å². The molecule has 0 radical (unpaired) electrons. The molecule has 3 fully saturated rings. The molecule has 3 N–H and O–H groups in total. The summed E-state index contributed by atoms with van der Waals surface area (Å²) in [6, 6.07) is 0. The number of allylic oxidation sites excluding steroid dienone is 2. The first kappa shape index (κ1) is 28.4. The van der Waals surface area contributed by atoms with Gasteiger partial charge in [0.25, 0.3) is 0 Å². The van der Waals surface area contributed by atoms with E-state index in [-0.39, 0.29) is 32.3 Å². The van der Waals surface area contributed by atoms with E-state index in [4.69, 9.17) is 23.7 Å². The molecule has 10 heteroatoms. The van der Waals surface area contributed by atoms with Gasteiger partial charge in [-0.15, -0.1) is 0 Å². The lowest BCUT2D eigenvalue weighted by Gasteiger charge is -2.58. The number of carbonyl (C=O) groups excluding carboxylic acids is 2. The van der Waals surface area contributed by atoms with Crippen LogP contribution in [0, 0.1) is 16.7 Å². The number of esters is 2. The number of hydrogen-bond donors (Lipinski definition) is 3. The number of ether oxygens (including phenoxy) is 5. The summed E-state index contributed by atoms with van der Waals surface area (Å²) in [6.07, 6.45) is 5.72. The Bertz CT molecular complexity index is 1040. The monoisotopic (exact) mass is 548 g/mol. The van der Waals surface area contributed by atoms with E-state index < -0.39 is 64.8 Å². The van der Waals surface area contributed by atoms with Crippen molar-refractivity contribution in [3.8, 4) is 0 Å². The minimum Gasteiger partial charge on any atom is -0.465 e. The second-order valence-electron chi connectivity index (χ2n) is 11.9. The lowest BCUT2D eigenvalue weighted by Crippen LogP contribution is -2.66. The Kier molecular flexibility index (Phi) is 7.82. The summed E-state index contributed by atoms with van der Waals surface area (Å²) in [5, 5.41) is 30.5. The maximum atomic E-state index is 13.0. The number of cyclic esters (lactones) is 1. The Morgan fingerprint density at radius 2 is 1.95 bits per heavy atom. The van der Waals surface area contributed by atoms with E-state index in [1.165, 1.54) is 12.2 Å². The van der Waals surface area contributed by atoms with Crippen molar-refractivity contribution in [1.82, 2.24) is 0 Å². The van der Waals surface area contributed by atoms with Crippen molar-refractivity contribution >= 4 is 11.9 Å². The third kappa shape index (κ3) is 4.79. The predicted octanol–water partition coefficient (Wildman–Crippen LogP) is 1.37. The maximum Gasteiger partial charge on any atom is 0.331 e. The number of rotatable bonds is 2. The summed E-state index contributed by atoms with van der Waals surface area (Å²) in [4.78, 5) is 26.0. The van der Waals surface area contributed by atoms with Crippen LogP contribution >= 0.6 is 0 Å². The third-order valence-corrected chi connectivity index (χ3v) is 9.77. The molecular formula is C29H40O10. The number of hydrogen-bond acceptors (Lipinski definition) is 10. The summed E-state index contributed by atoms with van der Waals surface area (Å²) < 4.78 is 30.3. The van der Waals surface area contributed by atoms with Crippen molar-refractivity contribution in [3.63, 3.8) is 0 Å². The highest BCUT2D eigenvalue weighted by Crippen LogP contribution is 2.72. The molecule has 0 amide bonds. The Morgan fingerprint density at radius 3 is 2.64 bits per heavy atom. The first-order valence-corrected chi connectivity index (χ1v) is 13.8. The minimum atomic E-state index is -0.953. The van der Waals surface area contributed by atoms with E-state index >= 15 is 0 Å². The van der Waals surface area contributed by atoms with Gasteiger partial charge in [0.15, 0.2) is 0 Å². The maximum absolute atomic E-state index is 13.0. The van der Waals surface area contributed by atoms with Gasteiger partial charge in [0.05, 0.1) is 56.1 Å². The highest BCUT2D eigenvalue weighted by molar-refractivity contribution is 5.82. The molecule has 39 heavy (non-hydrogen) atoms. The standard InChI is InChI=1S/C29H40O10/c1-17-10-26(34)36-15-28-9-8-19(13-30)11-23(28)38-24-12-22(27(28,3)29(24)16-37-29)39-25(33)7-5-4-6-21(18(2)31)35-14-20(17)32/h4-7,11,17-18,20-24,30-32H,8-10,12-16H2,1-3H3/b6-4+,7-5-/t17?,18-,20?,21-,22-,23-,24-,27-,28-,29?/m1/s1. The highest BCUT2D eigenvalue weighted by Gasteiger charge is 2.83. The Labute approximate surface area is 228 Å². The van der Waals surface area contributed by atoms with Gasteiger partial charge >= 0.3 is 11.9 Å². The first-order valence-electron chi connectivity index (χ1n) is 13.8. The number of aliphatic hydroxyl groups is 3. The molecule has 3 unspecified atom stereocenters. The molecule has 3 heterocycles. The van der Waals surface area contributed by atoms with Crippen molar-refractivity contribution in [3.05, 3.63) is 36.0 Å².